The van der Waals surface area contributed by atoms with Gasteiger partial charge in [0.25, 0.3) is 0 Å². The van der Waals surface area contributed by atoms with E-state index < -0.39 is 9.84 Å². The highest BCUT2D eigenvalue weighted by Gasteiger charge is 2.32. The highest BCUT2D eigenvalue weighted by Crippen LogP contribution is 2.30. The van der Waals surface area contributed by atoms with E-state index in [2.05, 4.69) is 26.2 Å². The molecule has 158 valence electrons. The number of alkyl halides is 1. The molecular formula is C22H22BrClN2O2S2. The Morgan fingerprint density at radius 1 is 1.03 bits per heavy atom. The molecule has 0 atom stereocenters. The SMILES string of the molecule is O=S(=O)(c1ccc(CBr)cc1)C1CCN(c2nc(Cc3ccc(Cl)cc3)cs2)CC1. The number of anilines is 1. The predicted molar refractivity (Wildman–Crippen MR) is 128 cm³/mol. The zero-order valence-electron chi connectivity index (χ0n) is 16.3. The molecule has 0 saturated carbocycles. The second-order valence-electron chi connectivity index (χ2n) is 7.43. The van der Waals surface area contributed by atoms with Crippen LogP contribution in [-0.2, 0) is 21.6 Å². The Balaban J connectivity index is 1.38. The van der Waals surface area contributed by atoms with Gasteiger partial charge in [0.2, 0.25) is 0 Å². The first kappa shape index (κ1) is 21.8. The van der Waals surface area contributed by atoms with Crippen LogP contribution in [0.25, 0.3) is 0 Å². The summed E-state index contributed by atoms with van der Waals surface area (Å²) in [5.74, 6) is 0. The third-order valence-electron chi connectivity index (χ3n) is 5.40. The van der Waals surface area contributed by atoms with E-state index in [1.165, 1.54) is 5.56 Å². The van der Waals surface area contributed by atoms with Crippen molar-refractivity contribution in [1.29, 1.82) is 0 Å². The zero-order valence-corrected chi connectivity index (χ0v) is 20.3. The molecule has 0 N–H and O–H groups in total. The molecule has 0 aliphatic carbocycles. The molecule has 0 radical (unpaired) electrons. The van der Waals surface area contributed by atoms with E-state index in [9.17, 15) is 8.42 Å². The normalized spacial score (nSPS) is 15.5. The third kappa shape index (κ3) is 4.90. The first-order chi connectivity index (χ1) is 14.5. The number of thiazole rings is 1. The van der Waals surface area contributed by atoms with Gasteiger partial charge in [-0.1, -0.05) is 51.8 Å². The summed E-state index contributed by atoms with van der Waals surface area (Å²) in [6.45, 7) is 1.41. The van der Waals surface area contributed by atoms with Gasteiger partial charge in [-0.3, -0.25) is 0 Å². The van der Waals surface area contributed by atoms with Crippen molar-refractivity contribution in [3.63, 3.8) is 0 Å². The Bertz CT molecular complexity index is 1090. The fraction of sp³-hybridized carbons (Fsp3) is 0.318. The summed E-state index contributed by atoms with van der Waals surface area (Å²) in [6, 6.07) is 15.0. The first-order valence-corrected chi connectivity index (χ1v) is 13.7. The van der Waals surface area contributed by atoms with Gasteiger partial charge in [-0.15, -0.1) is 11.3 Å². The summed E-state index contributed by atoms with van der Waals surface area (Å²) in [5.41, 5.74) is 3.27. The van der Waals surface area contributed by atoms with E-state index in [-0.39, 0.29) is 5.25 Å². The molecule has 4 rings (SSSR count). The largest absolute Gasteiger partial charge is 0.348 e. The molecule has 2 aromatic carbocycles. The Kier molecular flexibility index (Phi) is 6.82. The van der Waals surface area contributed by atoms with Crippen LogP contribution in [-0.4, -0.2) is 31.7 Å². The van der Waals surface area contributed by atoms with E-state index in [1.807, 2.05) is 36.4 Å². The fourth-order valence-corrected chi connectivity index (χ4v) is 6.76. The summed E-state index contributed by atoms with van der Waals surface area (Å²) < 4.78 is 26.0. The Morgan fingerprint density at radius 3 is 2.30 bits per heavy atom. The standard InChI is InChI=1S/C22H22BrClN2O2S2/c23-14-17-3-7-20(8-4-17)30(27,28)21-9-11-26(12-10-21)22-25-19(15-29-22)13-16-1-5-18(24)6-2-16/h1-8,15,21H,9-14H2. The molecule has 3 aromatic rings. The van der Waals surface area contributed by atoms with Gasteiger partial charge in [-0.2, -0.15) is 0 Å². The first-order valence-electron chi connectivity index (χ1n) is 9.78. The summed E-state index contributed by atoms with van der Waals surface area (Å²) in [4.78, 5) is 7.40. The minimum Gasteiger partial charge on any atom is -0.348 e. The van der Waals surface area contributed by atoms with Crippen molar-refractivity contribution < 1.29 is 8.42 Å². The number of aromatic nitrogens is 1. The number of rotatable bonds is 6. The molecule has 1 saturated heterocycles. The van der Waals surface area contributed by atoms with Crippen molar-refractivity contribution in [2.45, 2.75) is 34.7 Å². The monoisotopic (exact) mass is 524 g/mol. The fourth-order valence-electron chi connectivity index (χ4n) is 3.65. The zero-order chi connectivity index (χ0) is 21.1. The van der Waals surface area contributed by atoms with E-state index in [4.69, 9.17) is 16.6 Å². The van der Waals surface area contributed by atoms with Gasteiger partial charge < -0.3 is 4.90 Å². The number of halogens is 2. The van der Waals surface area contributed by atoms with Gasteiger partial charge in [0.1, 0.15) is 0 Å². The van der Waals surface area contributed by atoms with Gasteiger partial charge in [0, 0.05) is 35.2 Å². The van der Waals surface area contributed by atoms with Gasteiger partial charge >= 0.3 is 0 Å². The van der Waals surface area contributed by atoms with Crippen molar-refractivity contribution >= 4 is 53.8 Å². The molecule has 30 heavy (non-hydrogen) atoms. The maximum absolute atomic E-state index is 13.0. The minimum absolute atomic E-state index is 0.336. The lowest BCUT2D eigenvalue weighted by atomic mass is 10.1. The molecule has 1 aromatic heterocycles. The molecule has 2 heterocycles. The van der Waals surface area contributed by atoms with Crippen LogP contribution in [0.5, 0.6) is 0 Å². The van der Waals surface area contributed by atoms with Gasteiger partial charge in [-0.05, 0) is 48.2 Å². The van der Waals surface area contributed by atoms with Crippen LogP contribution < -0.4 is 4.90 Å². The number of benzene rings is 2. The van der Waals surface area contributed by atoms with Crippen molar-refractivity contribution in [2.24, 2.45) is 0 Å². The smallest absolute Gasteiger partial charge is 0.185 e. The molecule has 0 bridgehead atoms. The lowest BCUT2D eigenvalue weighted by Gasteiger charge is -2.31. The highest BCUT2D eigenvalue weighted by molar-refractivity contribution is 9.08. The van der Waals surface area contributed by atoms with Crippen LogP contribution in [0.4, 0.5) is 5.13 Å². The van der Waals surface area contributed by atoms with Crippen molar-refractivity contribution in [2.75, 3.05) is 18.0 Å². The topological polar surface area (TPSA) is 50.3 Å². The predicted octanol–water partition coefficient (Wildman–Crippen LogP) is 5.72. The van der Waals surface area contributed by atoms with E-state index in [0.717, 1.165) is 33.2 Å². The van der Waals surface area contributed by atoms with Crippen LogP contribution in [0.15, 0.2) is 58.8 Å². The van der Waals surface area contributed by atoms with Crippen molar-refractivity contribution in [3.05, 3.63) is 75.8 Å². The van der Waals surface area contributed by atoms with Gasteiger partial charge in [0.05, 0.1) is 15.8 Å². The van der Waals surface area contributed by atoms with E-state index >= 15 is 0 Å². The minimum atomic E-state index is -3.30. The second kappa shape index (κ2) is 9.39. The second-order valence-corrected chi connectivity index (χ2v) is 11.5. The summed E-state index contributed by atoms with van der Waals surface area (Å²) in [7, 11) is -3.30. The maximum atomic E-state index is 13.0. The molecule has 1 aliphatic rings. The van der Waals surface area contributed by atoms with Crippen LogP contribution >= 0.6 is 38.9 Å². The number of nitrogens with zero attached hydrogens (tertiary/aromatic N) is 2. The lowest BCUT2D eigenvalue weighted by molar-refractivity contribution is 0.529. The molecule has 4 nitrogen and oxygen atoms in total. The summed E-state index contributed by atoms with van der Waals surface area (Å²) >= 11 is 11.0. The quantitative estimate of drug-likeness (QED) is 0.386. The molecule has 8 heteroatoms. The average molecular weight is 526 g/mol. The number of piperidine rings is 1. The van der Waals surface area contributed by atoms with E-state index in [0.29, 0.717) is 30.8 Å². The summed E-state index contributed by atoms with van der Waals surface area (Å²) in [6.07, 6.45) is 2.01. The maximum Gasteiger partial charge on any atom is 0.185 e. The Hall–Kier alpha value is -1.41. The molecule has 0 amide bonds. The Labute approximate surface area is 195 Å². The molecule has 0 unspecified atom stereocenters. The molecule has 0 spiro atoms. The molecular weight excluding hydrogens is 504 g/mol. The molecule has 1 fully saturated rings. The van der Waals surface area contributed by atoms with Gasteiger partial charge in [0.15, 0.2) is 15.0 Å². The third-order valence-corrected chi connectivity index (χ3v) is 9.52. The van der Waals surface area contributed by atoms with Crippen molar-refractivity contribution in [3.8, 4) is 0 Å². The highest BCUT2D eigenvalue weighted by atomic mass is 79.9. The summed E-state index contributed by atoms with van der Waals surface area (Å²) in [5, 5.41) is 4.17. The van der Waals surface area contributed by atoms with Crippen LogP contribution in [0.2, 0.25) is 5.02 Å². The van der Waals surface area contributed by atoms with Crippen LogP contribution in [0.3, 0.4) is 0 Å². The number of hydrogen-bond acceptors (Lipinski definition) is 5. The van der Waals surface area contributed by atoms with Crippen molar-refractivity contribution in [1.82, 2.24) is 4.98 Å². The average Bonchev–Trinajstić information content (AvgIpc) is 3.24. The van der Waals surface area contributed by atoms with Gasteiger partial charge in [-0.25, -0.2) is 13.4 Å². The van der Waals surface area contributed by atoms with Crippen LogP contribution in [0, 0.1) is 0 Å². The Morgan fingerprint density at radius 2 is 1.67 bits per heavy atom. The van der Waals surface area contributed by atoms with Crippen LogP contribution in [0.1, 0.15) is 29.7 Å². The lowest BCUT2D eigenvalue weighted by Crippen LogP contribution is -2.39. The number of sulfone groups is 1. The van der Waals surface area contributed by atoms with E-state index in [1.54, 1.807) is 23.5 Å². The number of hydrogen-bond donors (Lipinski definition) is 0. The molecule has 1 aliphatic heterocycles.